The van der Waals surface area contributed by atoms with Crippen LogP contribution in [0.4, 0.5) is 0 Å². The fraction of sp³-hybridized carbons (Fsp3) is 0.333. The van der Waals surface area contributed by atoms with Crippen molar-refractivity contribution in [3.63, 3.8) is 0 Å². The molecule has 0 saturated heterocycles. The lowest BCUT2D eigenvalue weighted by Crippen LogP contribution is -2.63. The molecule has 1 amide bonds. The van der Waals surface area contributed by atoms with Crippen LogP contribution in [-0.2, 0) is 24.3 Å². The van der Waals surface area contributed by atoms with Crippen LogP contribution in [0.5, 0.6) is 0 Å². The molecular formula is C21H24N2O9S. The Balaban J connectivity index is 2.02. The van der Waals surface area contributed by atoms with E-state index in [4.69, 9.17) is 4.74 Å². The number of amides is 1. The molecule has 6 N–H and O–H groups in total. The van der Waals surface area contributed by atoms with Crippen molar-refractivity contribution < 1.29 is 43.2 Å². The van der Waals surface area contributed by atoms with Gasteiger partial charge in [-0.1, -0.05) is 30.3 Å². The molecule has 0 fully saturated rings. The number of rotatable bonds is 8. The summed E-state index contributed by atoms with van der Waals surface area (Å²) in [5.74, 6) is -2.87. The molecule has 0 bridgehead atoms. The zero-order valence-electron chi connectivity index (χ0n) is 17.5. The third-order valence-electron chi connectivity index (χ3n) is 5.16. The number of ether oxygens (including phenoxy) is 1. The van der Waals surface area contributed by atoms with Crippen LogP contribution in [0.2, 0.25) is 0 Å². The fourth-order valence-electron chi connectivity index (χ4n) is 3.56. The van der Waals surface area contributed by atoms with Gasteiger partial charge in [0.2, 0.25) is 21.7 Å². The van der Waals surface area contributed by atoms with Crippen molar-refractivity contribution >= 4 is 32.7 Å². The normalized spacial score (nSPS) is 22.7. The number of carboxylic acid groups (broad SMARTS) is 1. The number of carbonyl (C=O) groups excluding carboxylic acids is 1. The second-order valence-electron chi connectivity index (χ2n) is 7.54. The predicted octanol–water partition coefficient (Wildman–Crippen LogP) is -0.927. The highest BCUT2D eigenvalue weighted by Gasteiger charge is 2.44. The number of hydrogen-bond acceptors (Lipinski definition) is 8. The topological polar surface area (TPSA) is 182 Å². The molecule has 1 aliphatic rings. The smallest absolute Gasteiger partial charge is 0.370 e. The van der Waals surface area contributed by atoms with Crippen LogP contribution in [0, 0.1) is 0 Å². The van der Waals surface area contributed by atoms with Gasteiger partial charge in [0.1, 0.15) is 18.3 Å². The van der Waals surface area contributed by atoms with Crippen LogP contribution in [0.3, 0.4) is 0 Å². The molecule has 12 heteroatoms. The molecular weight excluding hydrogens is 456 g/mol. The minimum atomic E-state index is -4.23. The molecule has 2 aromatic carbocycles. The molecule has 0 aromatic heterocycles. The predicted molar refractivity (Wildman–Crippen MR) is 115 cm³/mol. The number of hydrogen-bond donors (Lipinski definition) is 6. The first kappa shape index (κ1) is 24.6. The number of sulfonamides is 1. The lowest BCUT2D eigenvalue weighted by atomic mass is 9.92. The van der Waals surface area contributed by atoms with Gasteiger partial charge in [0, 0.05) is 6.92 Å². The van der Waals surface area contributed by atoms with Crippen molar-refractivity contribution in [1.82, 2.24) is 10.0 Å². The van der Waals surface area contributed by atoms with E-state index in [0.29, 0.717) is 5.39 Å². The highest BCUT2D eigenvalue weighted by atomic mass is 32.2. The van der Waals surface area contributed by atoms with Gasteiger partial charge in [0.05, 0.1) is 23.6 Å². The van der Waals surface area contributed by atoms with Crippen molar-refractivity contribution in [3.8, 4) is 0 Å². The summed E-state index contributed by atoms with van der Waals surface area (Å²) in [5.41, 5.74) is 0. The lowest BCUT2D eigenvalue weighted by molar-refractivity contribution is -0.146. The first-order valence-corrected chi connectivity index (χ1v) is 11.4. The second kappa shape index (κ2) is 9.85. The Morgan fingerprint density at radius 3 is 2.39 bits per heavy atom. The summed E-state index contributed by atoms with van der Waals surface area (Å²) in [6, 6.07) is 8.85. The Morgan fingerprint density at radius 2 is 1.79 bits per heavy atom. The van der Waals surface area contributed by atoms with Crippen molar-refractivity contribution in [2.75, 3.05) is 6.61 Å². The van der Waals surface area contributed by atoms with Crippen molar-refractivity contribution in [3.05, 3.63) is 54.3 Å². The maximum atomic E-state index is 13.1. The molecule has 0 radical (unpaired) electrons. The van der Waals surface area contributed by atoms with Crippen LogP contribution in [-0.4, -0.2) is 77.7 Å². The SMILES string of the molecule is CC(=O)NC1C(NS(=O)(=O)c2ccc3ccccc3c2)C=C(C(=O)O)OC1C(O)C(O)CO. The first-order chi connectivity index (χ1) is 15.5. The lowest BCUT2D eigenvalue weighted by Gasteiger charge is -2.39. The van der Waals surface area contributed by atoms with Crippen molar-refractivity contribution in [2.24, 2.45) is 0 Å². The number of benzene rings is 2. The van der Waals surface area contributed by atoms with Gasteiger partial charge in [-0.25, -0.2) is 17.9 Å². The van der Waals surface area contributed by atoms with Crippen LogP contribution in [0.15, 0.2) is 59.2 Å². The molecule has 33 heavy (non-hydrogen) atoms. The zero-order chi connectivity index (χ0) is 24.3. The monoisotopic (exact) mass is 480 g/mol. The summed E-state index contributed by atoms with van der Waals surface area (Å²) in [5, 5.41) is 42.7. The minimum absolute atomic E-state index is 0.105. The Hall–Kier alpha value is -3.03. The van der Waals surface area contributed by atoms with Gasteiger partial charge in [-0.3, -0.25) is 4.79 Å². The van der Waals surface area contributed by atoms with E-state index in [1.54, 1.807) is 24.3 Å². The number of carbonyl (C=O) groups is 2. The van der Waals surface area contributed by atoms with E-state index < -0.39 is 64.7 Å². The third-order valence-corrected chi connectivity index (χ3v) is 6.61. The number of aliphatic hydroxyl groups is 3. The molecule has 0 spiro atoms. The number of aliphatic carboxylic acids is 1. The fourth-order valence-corrected chi connectivity index (χ4v) is 4.80. The van der Waals surface area contributed by atoms with E-state index in [1.165, 1.54) is 12.1 Å². The molecule has 1 aliphatic heterocycles. The van der Waals surface area contributed by atoms with Gasteiger partial charge in [-0.05, 0) is 29.0 Å². The molecule has 1 heterocycles. The highest BCUT2D eigenvalue weighted by molar-refractivity contribution is 7.89. The number of carboxylic acids is 1. The Morgan fingerprint density at radius 1 is 1.12 bits per heavy atom. The standard InChI is InChI=1S/C21H24N2O9S/c1-11(25)22-18-15(9-17(21(28)29)32-20(18)19(27)16(26)10-24)23-33(30,31)14-7-6-12-4-2-3-5-13(12)8-14/h2-9,15-16,18-20,23-24,26-27H,10H2,1H3,(H,22,25)(H,28,29). The molecule has 3 rings (SSSR count). The molecule has 5 unspecified atom stereocenters. The summed E-state index contributed by atoms with van der Waals surface area (Å²) < 4.78 is 33.8. The molecule has 5 atom stereocenters. The Labute approximate surface area is 189 Å². The minimum Gasteiger partial charge on any atom is -0.478 e. The van der Waals surface area contributed by atoms with E-state index in [-0.39, 0.29) is 4.90 Å². The van der Waals surface area contributed by atoms with E-state index in [9.17, 15) is 38.4 Å². The van der Waals surface area contributed by atoms with Gasteiger partial charge in [-0.2, -0.15) is 0 Å². The quantitative estimate of drug-likeness (QED) is 0.278. The molecule has 178 valence electrons. The van der Waals surface area contributed by atoms with E-state index >= 15 is 0 Å². The van der Waals surface area contributed by atoms with Crippen LogP contribution in [0.25, 0.3) is 10.8 Å². The van der Waals surface area contributed by atoms with Gasteiger partial charge >= 0.3 is 5.97 Å². The largest absolute Gasteiger partial charge is 0.478 e. The average molecular weight is 480 g/mol. The van der Waals surface area contributed by atoms with E-state index in [1.807, 2.05) is 6.07 Å². The van der Waals surface area contributed by atoms with E-state index in [0.717, 1.165) is 18.4 Å². The average Bonchev–Trinajstić information content (AvgIpc) is 2.78. The van der Waals surface area contributed by atoms with Gasteiger partial charge in [0.15, 0.2) is 0 Å². The summed E-state index contributed by atoms with van der Waals surface area (Å²) in [4.78, 5) is 23.3. The van der Waals surface area contributed by atoms with Gasteiger partial charge < -0.3 is 30.5 Å². The van der Waals surface area contributed by atoms with Crippen LogP contribution >= 0.6 is 0 Å². The number of nitrogens with one attached hydrogen (secondary N) is 2. The molecule has 0 saturated carbocycles. The first-order valence-electron chi connectivity index (χ1n) is 9.90. The molecule has 11 nitrogen and oxygen atoms in total. The second-order valence-corrected chi connectivity index (χ2v) is 9.26. The van der Waals surface area contributed by atoms with Crippen molar-refractivity contribution in [1.29, 1.82) is 0 Å². The zero-order valence-corrected chi connectivity index (χ0v) is 18.3. The summed E-state index contributed by atoms with van der Waals surface area (Å²) in [7, 11) is -4.23. The maximum Gasteiger partial charge on any atom is 0.370 e. The van der Waals surface area contributed by atoms with Crippen LogP contribution < -0.4 is 10.0 Å². The summed E-state index contributed by atoms with van der Waals surface area (Å²) >= 11 is 0. The molecule has 0 aliphatic carbocycles. The Bertz CT molecular complexity index is 1180. The van der Waals surface area contributed by atoms with Gasteiger partial charge in [0.25, 0.3) is 0 Å². The summed E-state index contributed by atoms with van der Waals surface area (Å²) in [6.07, 6.45) is -4.22. The maximum absolute atomic E-state index is 13.1. The number of aliphatic hydroxyl groups excluding tert-OH is 3. The number of fused-ring (bicyclic) bond motifs is 1. The summed E-state index contributed by atoms with van der Waals surface area (Å²) in [6.45, 7) is 0.255. The van der Waals surface area contributed by atoms with Crippen molar-refractivity contribution in [2.45, 2.75) is 42.2 Å². The molecule has 2 aromatic rings. The van der Waals surface area contributed by atoms with Crippen LogP contribution in [0.1, 0.15) is 6.92 Å². The third kappa shape index (κ3) is 5.49. The Kier molecular flexibility index (Phi) is 7.34. The van der Waals surface area contributed by atoms with Gasteiger partial charge in [-0.15, -0.1) is 0 Å². The van der Waals surface area contributed by atoms with E-state index in [2.05, 4.69) is 10.0 Å². The highest BCUT2D eigenvalue weighted by Crippen LogP contribution is 2.25.